The van der Waals surface area contributed by atoms with Crippen molar-refractivity contribution >= 4 is 0 Å². The minimum absolute atomic E-state index is 0.566. The first-order valence-corrected chi connectivity index (χ1v) is 4.93. The largest absolute Gasteiger partial charge is 0.316 e. The van der Waals surface area contributed by atoms with Crippen LogP contribution in [0, 0.1) is 0 Å². The predicted molar refractivity (Wildman–Crippen MR) is 51.5 cm³/mol. The molecule has 70 valence electrons. The van der Waals surface area contributed by atoms with Gasteiger partial charge in [-0.2, -0.15) is 0 Å². The summed E-state index contributed by atoms with van der Waals surface area (Å²) >= 11 is 0. The molecule has 0 aliphatic carbocycles. The van der Waals surface area contributed by atoms with E-state index >= 15 is 0 Å². The van der Waals surface area contributed by atoms with Crippen molar-refractivity contribution in [1.82, 2.24) is 15.3 Å². The van der Waals surface area contributed by atoms with E-state index in [1.165, 1.54) is 19.3 Å². The fraction of sp³-hybridized carbons (Fsp3) is 0.600. The Hall–Kier alpha value is -0.960. The summed E-state index contributed by atoms with van der Waals surface area (Å²) in [6.45, 7) is 2.20. The molecule has 0 spiro atoms. The Morgan fingerprint density at radius 1 is 1.31 bits per heavy atom. The van der Waals surface area contributed by atoms with Crippen LogP contribution in [0.25, 0.3) is 0 Å². The molecule has 1 aliphatic heterocycles. The van der Waals surface area contributed by atoms with E-state index in [0.717, 1.165) is 18.8 Å². The van der Waals surface area contributed by atoms with Gasteiger partial charge in [0.15, 0.2) is 0 Å². The first-order valence-electron chi connectivity index (χ1n) is 4.93. The quantitative estimate of drug-likeness (QED) is 0.703. The molecule has 3 nitrogen and oxygen atoms in total. The second-order valence-electron chi connectivity index (χ2n) is 3.53. The number of nitrogens with zero attached hydrogens (tertiary/aromatic N) is 2. The SMILES string of the molecule is c1cnc(C2CCCCNC2)cn1. The Labute approximate surface area is 78.6 Å². The molecular weight excluding hydrogens is 162 g/mol. The van der Waals surface area contributed by atoms with Gasteiger partial charge in [-0.1, -0.05) is 6.42 Å². The maximum atomic E-state index is 4.34. The summed E-state index contributed by atoms with van der Waals surface area (Å²) in [6.07, 6.45) is 9.22. The summed E-state index contributed by atoms with van der Waals surface area (Å²) in [5.74, 6) is 0.566. The third kappa shape index (κ3) is 2.25. The third-order valence-electron chi connectivity index (χ3n) is 2.55. The molecule has 1 aromatic rings. The number of aromatic nitrogens is 2. The van der Waals surface area contributed by atoms with Crippen molar-refractivity contribution in [2.75, 3.05) is 13.1 Å². The smallest absolute Gasteiger partial charge is 0.0630 e. The lowest BCUT2D eigenvalue weighted by Crippen LogP contribution is -2.19. The van der Waals surface area contributed by atoms with Crippen LogP contribution in [-0.2, 0) is 0 Å². The van der Waals surface area contributed by atoms with Crippen LogP contribution >= 0.6 is 0 Å². The van der Waals surface area contributed by atoms with Crippen molar-refractivity contribution in [3.63, 3.8) is 0 Å². The van der Waals surface area contributed by atoms with Crippen molar-refractivity contribution in [1.29, 1.82) is 0 Å². The zero-order chi connectivity index (χ0) is 8.93. The zero-order valence-electron chi connectivity index (χ0n) is 7.74. The van der Waals surface area contributed by atoms with Crippen molar-refractivity contribution in [3.05, 3.63) is 24.3 Å². The Kier molecular flexibility index (Phi) is 2.87. The summed E-state index contributed by atoms with van der Waals surface area (Å²) in [4.78, 5) is 8.44. The third-order valence-corrected chi connectivity index (χ3v) is 2.55. The molecule has 1 fully saturated rings. The summed E-state index contributed by atoms with van der Waals surface area (Å²) < 4.78 is 0. The molecular formula is C10H15N3. The molecule has 1 unspecified atom stereocenters. The standard InChI is InChI=1S/C10H15N3/c1-2-4-11-7-9(3-1)10-8-12-5-6-13-10/h5-6,8-9,11H,1-4,7H2. The average molecular weight is 177 g/mol. The topological polar surface area (TPSA) is 37.8 Å². The Bertz CT molecular complexity index is 240. The van der Waals surface area contributed by atoms with E-state index in [4.69, 9.17) is 0 Å². The lowest BCUT2D eigenvalue weighted by molar-refractivity contribution is 0.592. The lowest BCUT2D eigenvalue weighted by Gasteiger charge is -2.12. The van der Waals surface area contributed by atoms with Crippen LogP contribution in [0.4, 0.5) is 0 Å². The highest BCUT2D eigenvalue weighted by Gasteiger charge is 2.14. The molecule has 3 heteroatoms. The molecule has 1 atom stereocenters. The molecule has 2 heterocycles. The first-order chi connectivity index (χ1) is 6.47. The lowest BCUT2D eigenvalue weighted by atomic mass is 10.0. The second kappa shape index (κ2) is 4.33. The molecule has 0 bridgehead atoms. The molecule has 1 saturated heterocycles. The monoisotopic (exact) mass is 177 g/mol. The summed E-state index contributed by atoms with van der Waals surface area (Å²) in [7, 11) is 0. The zero-order valence-corrected chi connectivity index (χ0v) is 7.74. The van der Waals surface area contributed by atoms with E-state index in [2.05, 4.69) is 15.3 Å². The Morgan fingerprint density at radius 2 is 2.31 bits per heavy atom. The highest BCUT2D eigenvalue weighted by atomic mass is 14.9. The summed E-state index contributed by atoms with van der Waals surface area (Å²) in [6, 6.07) is 0. The summed E-state index contributed by atoms with van der Waals surface area (Å²) in [5.41, 5.74) is 1.14. The van der Waals surface area contributed by atoms with Gasteiger partial charge in [0.1, 0.15) is 0 Å². The van der Waals surface area contributed by atoms with Crippen LogP contribution in [0.5, 0.6) is 0 Å². The van der Waals surface area contributed by atoms with Crippen LogP contribution in [0.3, 0.4) is 0 Å². The van der Waals surface area contributed by atoms with Crippen LogP contribution in [0.15, 0.2) is 18.6 Å². The normalized spacial score (nSPS) is 23.8. The Balaban J connectivity index is 2.06. The van der Waals surface area contributed by atoms with E-state index < -0.39 is 0 Å². The van der Waals surface area contributed by atoms with Gasteiger partial charge in [0.05, 0.1) is 5.69 Å². The van der Waals surface area contributed by atoms with E-state index in [9.17, 15) is 0 Å². The van der Waals surface area contributed by atoms with Gasteiger partial charge < -0.3 is 5.32 Å². The van der Waals surface area contributed by atoms with Gasteiger partial charge in [-0.15, -0.1) is 0 Å². The molecule has 2 rings (SSSR count). The van der Waals surface area contributed by atoms with Crippen molar-refractivity contribution in [3.8, 4) is 0 Å². The van der Waals surface area contributed by atoms with Gasteiger partial charge in [0, 0.05) is 31.1 Å². The van der Waals surface area contributed by atoms with Crippen LogP contribution in [0.2, 0.25) is 0 Å². The fourth-order valence-electron chi connectivity index (χ4n) is 1.79. The predicted octanol–water partition coefficient (Wildman–Crippen LogP) is 1.33. The molecule has 0 amide bonds. The van der Waals surface area contributed by atoms with E-state index in [1.807, 2.05) is 6.20 Å². The minimum atomic E-state index is 0.566. The minimum Gasteiger partial charge on any atom is -0.316 e. The molecule has 0 aromatic carbocycles. The van der Waals surface area contributed by atoms with Crippen LogP contribution < -0.4 is 5.32 Å². The maximum Gasteiger partial charge on any atom is 0.0630 e. The highest BCUT2D eigenvalue weighted by Crippen LogP contribution is 2.20. The van der Waals surface area contributed by atoms with Gasteiger partial charge >= 0.3 is 0 Å². The Morgan fingerprint density at radius 3 is 3.15 bits per heavy atom. The number of rotatable bonds is 1. The molecule has 1 aliphatic rings. The fourth-order valence-corrected chi connectivity index (χ4v) is 1.79. The van der Waals surface area contributed by atoms with E-state index in [0.29, 0.717) is 5.92 Å². The highest BCUT2D eigenvalue weighted by molar-refractivity contribution is 5.04. The first kappa shape index (κ1) is 8.63. The van der Waals surface area contributed by atoms with Gasteiger partial charge in [-0.05, 0) is 19.4 Å². The second-order valence-corrected chi connectivity index (χ2v) is 3.53. The van der Waals surface area contributed by atoms with Crippen LogP contribution in [0.1, 0.15) is 30.9 Å². The maximum absolute atomic E-state index is 4.34. The van der Waals surface area contributed by atoms with E-state index in [-0.39, 0.29) is 0 Å². The van der Waals surface area contributed by atoms with Crippen LogP contribution in [-0.4, -0.2) is 23.1 Å². The molecule has 0 radical (unpaired) electrons. The van der Waals surface area contributed by atoms with Crippen molar-refractivity contribution in [2.45, 2.75) is 25.2 Å². The van der Waals surface area contributed by atoms with E-state index in [1.54, 1.807) is 12.4 Å². The number of hydrogen-bond donors (Lipinski definition) is 1. The average Bonchev–Trinajstić information content (AvgIpc) is 2.47. The molecule has 1 aromatic heterocycles. The molecule has 13 heavy (non-hydrogen) atoms. The van der Waals surface area contributed by atoms with Gasteiger partial charge in [-0.25, -0.2) is 0 Å². The van der Waals surface area contributed by atoms with Crippen molar-refractivity contribution in [2.24, 2.45) is 0 Å². The molecule has 0 saturated carbocycles. The number of nitrogens with one attached hydrogen (secondary N) is 1. The van der Waals surface area contributed by atoms with Gasteiger partial charge in [0.25, 0.3) is 0 Å². The summed E-state index contributed by atoms with van der Waals surface area (Å²) in [5, 5.41) is 3.43. The number of hydrogen-bond acceptors (Lipinski definition) is 3. The van der Waals surface area contributed by atoms with Gasteiger partial charge in [0.2, 0.25) is 0 Å². The van der Waals surface area contributed by atoms with Crippen molar-refractivity contribution < 1.29 is 0 Å². The van der Waals surface area contributed by atoms with Gasteiger partial charge in [-0.3, -0.25) is 9.97 Å². The molecule has 1 N–H and O–H groups in total.